The van der Waals surface area contributed by atoms with E-state index in [1.165, 1.54) is 0 Å². The smallest absolute Gasteiger partial charge is 0.141 e. The number of aliphatic hydroxyl groups is 1. The average Bonchev–Trinajstić information content (AvgIpc) is 3.06. The van der Waals surface area contributed by atoms with Crippen molar-refractivity contribution >= 4 is 16.6 Å². The monoisotopic (exact) mass is 377 g/mol. The largest absolute Gasteiger partial charge is 0.396 e. The van der Waals surface area contributed by atoms with E-state index in [4.69, 9.17) is 0 Å². The Morgan fingerprint density at radius 2 is 1.89 bits per heavy atom. The number of pyridine rings is 1. The molecule has 0 spiro atoms. The van der Waals surface area contributed by atoms with Gasteiger partial charge in [0.25, 0.3) is 0 Å². The zero-order chi connectivity index (χ0) is 19.7. The van der Waals surface area contributed by atoms with Crippen LogP contribution in [0.4, 0.5) is 0 Å². The number of carbonyl (C=O) groups is 1. The van der Waals surface area contributed by atoms with Gasteiger partial charge in [-0.15, -0.1) is 0 Å². The highest BCUT2D eigenvalue weighted by molar-refractivity contribution is 5.88. The van der Waals surface area contributed by atoms with E-state index in [0.29, 0.717) is 12.3 Å². The molecule has 0 unspecified atom stereocenters. The highest BCUT2D eigenvalue weighted by atomic mass is 16.3. The van der Waals surface area contributed by atoms with Crippen molar-refractivity contribution in [3.8, 4) is 11.3 Å². The fourth-order valence-electron chi connectivity index (χ4n) is 4.20. The van der Waals surface area contributed by atoms with Crippen LogP contribution in [0.5, 0.6) is 0 Å². The topological polar surface area (TPSA) is 68.0 Å². The molecule has 1 aromatic carbocycles. The molecule has 0 amide bonds. The quantitative estimate of drug-likeness (QED) is 0.733. The van der Waals surface area contributed by atoms with Crippen LogP contribution in [0.15, 0.2) is 36.7 Å². The molecule has 1 fully saturated rings. The first-order valence-electron chi connectivity index (χ1n) is 10.1. The Morgan fingerprint density at radius 1 is 1.11 bits per heavy atom. The molecule has 0 radical (unpaired) electrons. The number of Topliss-reactive ketones (excluding diaryl/α,β-unsaturated/α-hetero) is 1. The molecule has 2 aromatic heterocycles. The van der Waals surface area contributed by atoms with E-state index >= 15 is 0 Å². The summed E-state index contributed by atoms with van der Waals surface area (Å²) >= 11 is 0. The molecule has 28 heavy (non-hydrogen) atoms. The molecule has 5 heteroatoms. The zero-order valence-corrected chi connectivity index (χ0v) is 16.6. The summed E-state index contributed by atoms with van der Waals surface area (Å²) in [6.07, 6.45) is 7.82. The predicted molar refractivity (Wildman–Crippen MR) is 110 cm³/mol. The van der Waals surface area contributed by atoms with Crippen molar-refractivity contribution in [2.45, 2.75) is 39.0 Å². The van der Waals surface area contributed by atoms with Gasteiger partial charge in [0.15, 0.2) is 0 Å². The van der Waals surface area contributed by atoms with Crippen LogP contribution in [0, 0.1) is 18.8 Å². The summed E-state index contributed by atoms with van der Waals surface area (Å²) in [6.45, 7) is 2.23. The summed E-state index contributed by atoms with van der Waals surface area (Å²) in [5.41, 5.74) is 3.02. The Hall–Kier alpha value is -2.53. The molecule has 1 aliphatic rings. The van der Waals surface area contributed by atoms with Crippen molar-refractivity contribution in [1.29, 1.82) is 0 Å². The molecule has 1 N–H and O–H groups in total. The van der Waals surface area contributed by atoms with Crippen molar-refractivity contribution in [2.75, 3.05) is 6.61 Å². The molecular formula is C23H27N3O2. The lowest BCUT2D eigenvalue weighted by molar-refractivity contribution is -0.123. The third-order valence-electron chi connectivity index (χ3n) is 6.21. The summed E-state index contributed by atoms with van der Waals surface area (Å²) in [4.78, 5) is 21.6. The summed E-state index contributed by atoms with van der Waals surface area (Å²) in [5.74, 6) is 1.75. The van der Waals surface area contributed by atoms with E-state index in [0.717, 1.165) is 59.2 Å². The first-order chi connectivity index (χ1) is 13.5. The number of benzene rings is 1. The van der Waals surface area contributed by atoms with Crippen LogP contribution < -0.4 is 0 Å². The van der Waals surface area contributed by atoms with Crippen LogP contribution in [0.1, 0.15) is 37.2 Å². The minimum Gasteiger partial charge on any atom is -0.396 e. The van der Waals surface area contributed by atoms with E-state index < -0.39 is 0 Å². The van der Waals surface area contributed by atoms with Gasteiger partial charge in [0.05, 0.1) is 11.9 Å². The van der Waals surface area contributed by atoms with Gasteiger partial charge < -0.3 is 9.67 Å². The molecule has 0 saturated heterocycles. The van der Waals surface area contributed by atoms with Crippen molar-refractivity contribution in [2.24, 2.45) is 18.9 Å². The van der Waals surface area contributed by atoms with E-state index in [1.54, 1.807) is 0 Å². The highest BCUT2D eigenvalue weighted by Crippen LogP contribution is 2.30. The standard InChI is InChI=1S/C23H27N3O2/c1-15-24-13-22(26(15)2)18-7-8-19-12-25-21(10-20(19)9-18)11-23(28)17-5-3-16(14-27)4-6-17/h7-10,12-13,16-17,27H,3-6,11,14H2,1-2H3. The predicted octanol–water partition coefficient (Wildman–Crippen LogP) is 3.85. The fraction of sp³-hybridized carbons (Fsp3) is 0.435. The Bertz CT molecular complexity index is 1000. The summed E-state index contributed by atoms with van der Waals surface area (Å²) in [6, 6.07) is 8.35. The van der Waals surface area contributed by atoms with Gasteiger partial charge in [-0.3, -0.25) is 9.78 Å². The summed E-state index contributed by atoms with van der Waals surface area (Å²) in [7, 11) is 2.02. The molecule has 4 rings (SSSR count). The molecule has 2 heterocycles. The van der Waals surface area contributed by atoms with Crippen LogP contribution in [-0.4, -0.2) is 32.0 Å². The van der Waals surface area contributed by atoms with Gasteiger partial charge in [-0.05, 0) is 56.0 Å². The van der Waals surface area contributed by atoms with Crippen molar-refractivity contribution in [1.82, 2.24) is 14.5 Å². The highest BCUT2D eigenvalue weighted by Gasteiger charge is 2.26. The lowest BCUT2D eigenvalue weighted by Crippen LogP contribution is -2.24. The summed E-state index contributed by atoms with van der Waals surface area (Å²) in [5, 5.41) is 11.4. The number of rotatable bonds is 5. The second kappa shape index (κ2) is 7.84. The van der Waals surface area contributed by atoms with E-state index in [-0.39, 0.29) is 18.3 Å². The average molecular weight is 377 g/mol. The molecule has 1 saturated carbocycles. The first-order valence-corrected chi connectivity index (χ1v) is 10.1. The van der Waals surface area contributed by atoms with Gasteiger partial charge in [-0.1, -0.05) is 12.1 Å². The second-order valence-corrected chi connectivity index (χ2v) is 8.03. The number of hydrogen-bond donors (Lipinski definition) is 1. The number of ketones is 1. The Labute approximate surface area is 165 Å². The molecule has 0 bridgehead atoms. The van der Waals surface area contributed by atoms with Crippen LogP contribution >= 0.6 is 0 Å². The van der Waals surface area contributed by atoms with Gasteiger partial charge in [-0.25, -0.2) is 4.98 Å². The van der Waals surface area contributed by atoms with Crippen LogP contribution in [0.2, 0.25) is 0 Å². The summed E-state index contributed by atoms with van der Waals surface area (Å²) < 4.78 is 2.08. The van der Waals surface area contributed by atoms with E-state index in [2.05, 4.69) is 32.7 Å². The minimum atomic E-state index is 0.115. The molecule has 5 nitrogen and oxygen atoms in total. The van der Waals surface area contributed by atoms with Gasteiger partial charge in [0.1, 0.15) is 11.6 Å². The molecule has 3 aromatic rings. The van der Waals surface area contributed by atoms with Crippen LogP contribution in [0.25, 0.3) is 22.0 Å². The number of nitrogens with zero attached hydrogens (tertiary/aromatic N) is 3. The van der Waals surface area contributed by atoms with Crippen molar-refractivity contribution in [3.05, 3.63) is 48.2 Å². The first kappa shape index (κ1) is 18.8. The van der Waals surface area contributed by atoms with Gasteiger partial charge >= 0.3 is 0 Å². The van der Waals surface area contributed by atoms with Gasteiger partial charge in [-0.2, -0.15) is 0 Å². The van der Waals surface area contributed by atoms with E-state index in [9.17, 15) is 9.90 Å². The zero-order valence-electron chi connectivity index (χ0n) is 16.6. The number of fused-ring (bicyclic) bond motifs is 1. The Balaban J connectivity index is 1.54. The molecule has 146 valence electrons. The van der Waals surface area contributed by atoms with Gasteiger partial charge in [0.2, 0.25) is 0 Å². The molecule has 1 aliphatic carbocycles. The van der Waals surface area contributed by atoms with Crippen LogP contribution in [0.3, 0.4) is 0 Å². The lowest BCUT2D eigenvalue weighted by atomic mass is 9.79. The third kappa shape index (κ3) is 3.72. The Kier molecular flexibility index (Phi) is 5.27. The number of carbonyl (C=O) groups excluding carboxylic acids is 1. The number of aryl methyl sites for hydroxylation is 1. The lowest BCUT2D eigenvalue weighted by Gasteiger charge is -2.26. The van der Waals surface area contributed by atoms with Crippen molar-refractivity contribution in [3.63, 3.8) is 0 Å². The third-order valence-corrected chi connectivity index (χ3v) is 6.21. The Morgan fingerprint density at radius 3 is 2.57 bits per heavy atom. The number of hydrogen-bond acceptors (Lipinski definition) is 4. The maximum absolute atomic E-state index is 12.7. The maximum atomic E-state index is 12.7. The number of aromatic nitrogens is 3. The second-order valence-electron chi connectivity index (χ2n) is 8.03. The maximum Gasteiger partial charge on any atom is 0.141 e. The molecule has 0 atom stereocenters. The number of imidazole rings is 1. The molecule has 0 aliphatic heterocycles. The van der Waals surface area contributed by atoms with E-state index in [1.807, 2.05) is 32.4 Å². The number of aliphatic hydroxyl groups excluding tert-OH is 1. The van der Waals surface area contributed by atoms with Crippen molar-refractivity contribution < 1.29 is 9.90 Å². The van der Waals surface area contributed by atoms with Crippen LogP contribution in [-0.2, 0) is 18.3 Å². The SMILES string of the molecule is Cc1ncc(-c2ccc3cnc(CC(=O)C4CCC(CO)CC4)cc3c2)n1C. The van der Waals surface area contributed by atoms with Gasteiger partial charge in [0, 0.05) is 48.8 Å². The normalized spacial score (nSPS) is 19.8. The minimum absolute atomic E-state index is 0.115. The fourth-order valence-corrected chi connectivity index (χ4v) is 4.20. The molecular weight excluding hydrogens is 350 g/mol.